The van der Waals surface area contributed by atoms with Crippen LogP contribution < -0.4 is 5.73 Å². The van der Waals surface area contributed by atoms with Gasteiger partial charge in [0.25, 0.3) is 0 Å². The summed E-state index contributed by atoms with van der Waals surface area (Å²) in [6.07, 6.45) is 3.86. The Bertz CT molecular complexity index is 787. The predicted molar refractivity (Wildman–Crippen MR) is 80.5 cm³/mol. The molecule has 0 amide bonds. The molecule has 0 unspecified atom stereocenters. The van der Waals surface area contributed by atoms with E-state index in [-0.39, 0.29) is 0 Å². The summed E-state index contributed by atoms with van der Waals surface area (Å²) in [6.45, 7) is 6.63. The number of fused-ring (bicyclic) bond motifs is 1. The van der Waals surface area contributed by atoms with Crippen LogP contribution in [0.2, 0.25) is 0 Å². The van der Waals surface area contributed by atoms with Gasteiger partial charge in [0.05, 0.1) is 5.69 Å². The summed E-state index contributed by atoms with van der Waals surface area (Å²) in [5.74, 6) is 0.917. The predicted octanol–water partition coefficient (Wildman–Crippen LogP) is 2.78. The molecule has 102 valence electrons. The van der Waals surface area contributed by atoms with E-state index >= 15 is 0 Å². The molecule has 0 aliphatic carbocycles. The number of benzene rings is 1. The van der Waals surface area contributed by atoms with E-state index in [4.69, 9.17) is 5.73 Å². The molecule has 0 aliphatic rings. The van der Waals surface area contributed by atoms with Gasteiger partial charge in [-0.2, -0.15) is 0 Å². The largest absolute Gasteiger partial charge is 0.325 e. The normalized spacial score (nSPS) is 11.2. The van der Waals surface area contributed by atoms with Gasteiger partial charge in [-0.3, -0.25) is 4.40 Å². The third-order valence-corrected chi connectivity index (χ3v) is 3.61. The molecule has 4 nitrogen and oxygen atoms in total. The van der Waals surface area contributed by atoms with Crippen molar-refractivity contribution in [3.63, 3.8) is 0 Å². The molecule has 2 heterocycles. The average Bonchev–Trinajstić information content (AvgIpc) is 2.85. The molecule has 0 saturated heterocycles. The zero-order valence-corrected chi connectivity index (χ0v) is 12.0. The molecule has 20 heavy (non-hydrogen) atoms. The minimum Gasteiger partial charge on any atom is -0.325 e. The summed E-state index contributed by atoms with van der Waals surface area (Å²) in [5, 5.41) is 0. The lowest BCUT2D eigenvalue weighted by atomic mass is 10.0. The van der Waals surface area contributed by atoms with Crippen molar-refractivity contribution in [1.82, 2.24) is 14.4 Å². The van der Waals surface area contributed by atoms with E-state index in [0.717, 1.165) is 22.7 Å². The Labute approximate surface area is 118 Å². The number of imidazole rings is 1. The summed E-state index contributed by atoms with van der Waals surface area (Å²) in [6, 6.07) is 6.43. The maximum Gasteiger partial charge on any atom is 0.147 e. The Morgan fingerprint density at radius 3 is 2.65 bits per heavy atom. The lowest BCUT2D eigenvalue weighted by Crippen LogP contribution is -1.97. The first-order valence-corrected chi connectivity index (χ1v) is 6.71. The SMILES string of the molecule is Cc1ccc(-c2cnc(C)n3cc(CN)nc23)c(C)c1. The second-order valence-electron chi connectivity index (χ2n) is 5.17. The van der Waals surface area contributed by atoms with Gasteiger partial charge in [-0.15, -0.1) is 0 Å². The lowest BCUT2D eigenvalue weighted by Gasteiger charge is -2.09. The van der Waals surface area contributed by atoms with Gasteiger partial charge in [0.1, 0.15) is 11.5 Å². The van der Waals surface area contributed by atoms with Crippen molar-refractivity contribution in [2.45, 2.75) is 27.3 Å². The summed E-state index contributed by atoms with van der Waals surface area (Å²) in [5.41, 5.74) is 12.2. The van der Waals surface area contributed by atoms with E-state index in [2.05, 4.69) is 42.0 Å². The molecule has 4 heteroatoms. The van der Waals surface area contributed by atoms with Crippen molar-refractivity contribution in [3.05, 3.63) is 53.2 Å². The fourth-order valence-electron chi connectivity index (χ4n) is 2.55. The fraction of sp³-hybridized carbons (Fsp3) is 0.250. The molecule has 0 radical (unpaired) electrons. The molecule has 0 saturated carbocycles. The minimum atomic E-state index is 0.438. The standard InChI is InChI=1S/C16H18N4/c1-10-4-5-14(11(2)6-10)15-8-18-12(3)20-9-13(7-17)19-16(15)20/h4-6,8-9H,7,17H2,1-3H3. The Hall–Kier alpha value is -2.20. The number of aryl methyl sites for hydroxylation is 3. The quantitative estimate of drug-likeness (QED) is 0.776. The van der Waals surface area contributed by atoms with Crippen molar-refractivity contribution >= 4 is 5.65 Å². The van der Waals surface area contributed by atoms with Crippen molar-refractivity contribution in [3.8, 4) is 11.1 Å². The molecule has 2 N–H and O–H groups in total. The van der Waals surface area contributed by atoms with E-state index in [9.17, 15) is 0 Å². The van der Waals surface area contributed by atoms with Crippen LogP contribution in [0, 0.1) is 20.8 Å². The van der Waals surface area contributed by atoms with E-state index in [1.54, 1.807) is 0 Å². The highest BCUT2D eigenvalue weighted by Crippen LogP contribution is 2.27. The minimum absolute atomic E-state index is 0.438. The van der Waals surface area contributed by atoms with Crippen LogP contribution in [0.5, 0.6) is 0 Å². The summed E-state index contributed by atoms with van der Waals surface area (Å²) >= 11 is 0. The first kappa shape index (κ1) is 12.8. The molecule has 3 aromatic rings. The van der Waals surface area contributed by atoms with Gasteiger partial charge in [-0.05, 0) is 31.9 Å². The Balaban J connectivity index is 2.30. The van der Waals surface area contributed by atoms with Gasteiger partial charge >= 0.3 is 0 Å². The number of nitrogens with two attached hydrogens (primary N) is 1. The molecule has 2 aromatic heterocycles. The summed E-state index contributed by atoms with van der Waals surface area (Å²) < 4.78 is 2.01. The maximum absolute atomic E-state index is 5.71. The molecular weight excluding hydrogens is 248 g/mol. The molecule has 0 atom stereocenters. The van der Waals surface area contributed by atoms with Crippen molar-refractivity contribution < 1.29 is 0 Å². The number of hydrogen-bond donors (Lipinski definition) is 1. The van der Waals surface area contributed by atoms with E-state index < -0.39 is 0 Å². The second-order valence-corrected chi connectivity index (χ2v) is 5.17. The number of rotatable bonds is 2. The molecular formula is C16H18N4. The van der Waals surface area contributed by atoms with Crippen LogP contribution in [-0.4, -0.2) is 14.4 Å². The highest BCUT2D eigenvalue weighted by molar-refractivity contribution is 5.79. The van der Waals surface area contributed by atoms with Crippen LogP contribution in [0.3, 0.4) is 0 Å². The fourth-order valence-corrected chi connectivity index (χ4v) is 2.55. The van der Waals surface area contributed by atoms with Crippen LogP contribution in [0.15, 0.2) is 30.6 Å². The summed E-state index contributed by atoms with van der Waals surface area (Å²) in [4.78, 5) is 9.11. The van der Waals surface area contributed by atoms with Crippen LogP contribution >= 0.6 is 0 Å². The van der Waals surface area contributed by atoms with Crippen molar-refractivity contribution in [2.24, 2.45) is 5.73 Å². The third-order valence-electron chi connectivity index (χ3n) is 3.61. The van der Waals surface area contributed by atoms with E-state index in [1.807, 2.05) is 23.7 Å². The zero-order chi connectivity index (χ0) is 14.3. The maximum atomic E-state index is 5.71. The van der Waals surface area contributed by atoms with Gasteiger partial charge in [0.15, 0.2) is 0 Å². The highest BCUT2D eigenvalue weighted by Gasteiger charge is 2.12. The third kappa shape index (κ3) is 1.98. The highest BCUT2D eigenvalue weighted by atomic mass is 15.1. The number of nitrogens with zero attached hydrogens (tertiary/aromatic N) is 3. The van der Waals surface area contributed by atoms with Crippen LogP contribution in [0.1, 0.15) is 22.6 Å². The van der Waals surface area contributed by atoms with Gasteiger partial charge in [0.2, 0.25) is 0 Å². The molecule has 0 fully saturated rings. The van der Waals surface area contributed by atoms with Crippen LogP contribution in [0.4, 0.5) is 0 Å². The zero-order valence-electron chi connectivity index (χ0n) is 12.0. The molecule has 0 spiro atoms. The molecule has 1 aromatic carbocycles. The van der Waals surface area contributed by atoms with Gasteiger partial charge in [-0.1, -0.05) is 23.8 Å². The topological polar surface area (TPSA) is 56.2 Å². The molecule has 0 aliphatic heterocycles. The molecule has 0 bridgehead atoms. The first-order chi connectivity index (χ1) is 9.60. The Morgan fingerprint density at radius 2 is 1.95 bits per heavy atom. The van der Waals surface area contributed by atoms with Gasteiger partial charge < -0.3 is 5.73 Å². The Morgan fingerprint density at radius 1 is 1.15 bits per heavy atom. The van der Waals surface area contributed by atoms with Crippen LogP contribution in [-0.2, 0) is 6.54 Å². The van der Waals surface area contributed by atoms with E-state index in [0.29, 0.717) is 6.54 Å². The second kappa shape index (κ2) is 4.72. The van der Waals surface area contributed by atoms with Gasteiger partial charge in [-0.25, -0.2) is 9.97 Å². The van der Waals surface area contributed by atoms with Gasteiger partial charge in [0, 0.05) is 24.5 Å². The first-order valence-electron chi connectivity index (χ1n) is 6.71. The summed E-state index contributed by atoms with van der Waals surface area (Å²) in [7, 11) is 0. The van der Waals surface area contributed by atoms with Crippen LogP contribution in [0.25, 0.3) is 16.8 Å². The number of hydrogen-bond acceptors (Lipinski definition) is 3. The molecule has 3 rings (SSSR count). The lowest BCUT2D eigenvalue weighted by molar-refractivity contribution is 0.979. The smallest absolute Gasteiger partial charge is 0.147 e. The average molecular weight is 266 g/mol. The van der Waals surface area contributed by atoms with Crippen molar-refractivity contribution in [1.29, 1.82) is 0 Å². The Kier molecular flexibility index (Phi) is 3.03. The number of aromatic nitrogens is 3. The van der Waals surface area contributed by atoms with Crippen molar-refractivity contribution in [2.75, 3.05) is 0 Å². The monoisotopic (exact) mass is 266 g/mol. The van der Waals surface area contributed by atoms with E-state index in [1.165, 1.54) is 16.7 Å².